The van der Waals surface area contributed by atoms with E-state index in [1.54, 1.807) is 10.9 Å². The molecule has 0 spiro atoms. The van der Waals surface area contributed by atoms with Gasteiger partial charge in [-0.05, 0) is 5.92 Å². The second kappa shape index (κ2) is 5.65. The third-order valence-corrected chi connectivity index (χ3v) is 3.49. The molecule has 0 aromatic carbocycles. The van der Waals surface area contributed by atoms with Gasteiger partial charge >= 0.3 is 0 Å². The van der Waals surface area contributed by atoms with Crippen molar-refractivity contribution >= 4 is 39.8 Å². The second-order valence-corrected chi connectivity index (χ2v) is 4.95. The molecule has 1 atom stereocenters. The van der Waals surface area contributed by atoms with Crippen molar-refractivity contribution in [2.75, 3.05) is 4.43 Å². The number of hydrogen-bond donors (Lipinski definition) is 1. The molecule has 0 radical (unpaired) electrons. The van der Waals surface area contributed by atoms with Crippen LogP contribution in [0.4, 0.5) is 0 Å². The molecular formula is C9H13IN2OS. The first-order valence-electron chi connectivity index (χ1n) is 4.40. The maximum Gasteiger partial charge on any atom is 0.270 e. The zero-order valence-electron chi connectivity index (χ0n) is 8.16. The minimum absolute atomic E-state index is 0.0679. The summed E-state index contributed by atoms with van der Waals surface area (Å²) in [6.45, 7) is 4.20. The first kappa shape index (κ1) is 11.9. The van der Waals surface area contributed by atoms with Crippen LogP contribution in [0.15, 0.2) is 10.9 Å². The molecule has 0 saturated carbocycles. The molecule has 0 aliphatic carbocycles. The van der Waals surface area contributed by atoms with Crippen LogP contribution in [-0.2, 0) is 0 Å². The molecule has 3 nitrogen and oxygen atoms in total. The lowest BCUT2D eigenvalue weighted by molar-refractivity contribution is 0.0928. The first-order valence-corrected chi connectivity index (χ1v) is 6.87. The molecule has 0 bridgehead atoms. The van der Waals surface area contributed by atoms with Crippen LogP contribution in [0.25, 0.3) is 0 Å². The molecule has 1 N–H and O–H groups in total. The van der Waals surface area contributed by atoms with Gasteiger partial charge in [-0.3, -0.25) is 4.79 Å². The molecule has 0 saturated heterocycles. The van der Waals surface area contributed by atoms with Crippen molar-refractivity contribution in [3.8, 4) is 0 Å². The van der Waals surface area contributed by atoms with Gasteiger partial charge in [-0.1, -0.05) is 36.4 Å². The van der Waals surface area contributed by atoms with Crippen molar-refractivity contribution < 1.29 is 4.79 Å². The van der Waals surface area contributed by atoms with Gasteiger partial charge in [0, 0.05) is 15.8 Å². The molecule has 1 aromatic heterocycles. The molecular weight excluding hydrogens is 311 g/mol. The van der Waals surface area contributed by atoms with Crippen molar-refractivity contribution in [2.45, 2.75) is 19.9 Å². The lowest BCUT2D eigenvalue weighted by atomic mass is 10.1. The van der Waals surface area contributed by atoms with Crippen molar-refractivity contribution in [2.24, 2.45) is 5.92 Å². The molecule has 14 heavy (non-hydrogen) atoms. The van der Waals surface area contributed by atoms with E-state index in [-0.39, 0.29) is 11.9 Å². The monoisotopic (exact) mass is 324 g/mol. The van der Waals surface area contributed by atoms with Gasteiger partial charge in [0.15, 0.2) is 0 Å². The molecule has 1 unspecified atom stereocenters. The van der Waals surface area contributed by atoms with Crippen molar-refractivity contribution in [3.05, 3.63) is 16.6 Å². The Kier molecular flexibility index (Phi) is 4.80. The quantitative estimate of drug-likeness (QED) is 0.682. The Labute approximate surface area is 101 Å². The number of carbonyl (C=O) groups is 1. The number of hydrogen-bond acceptors (Lipinski definition) is 3. The van der Waals surface area contributed by atoms with Gasteiger partial charge < -0.3 is 5.32 Å². The highest BCUT2D eigenvalue weighted by Gasteiger charge is 2.16. The molecule has 5 heteroatoms. The molecule has 0 aliphatic rings. The molecule has 1 rings (SSSR count). The minimum Gasteiger partial charge on any atom is -0.347 e. The average molecular weight is 324 g/mol. The van der Waals surface area contributed by atoms with Crippen LogP contribution in [0.3, 0.4) is 0 Å². The van der Waals surface area contributed by atoms with E-state index in [9.17, 15) is 4.79 Å². The number of thiazole rings is 1. The SMILES string of the molecule is CC(C)C(CI)NC(=O)c1cscn1. The van der Waals surface area contributed by atoms with E-state index in [2.05, 4.69) is 46.7 Å². The Morgan fingerprint density at radius 3 is 2.86 bits per heavy atom. The zero-order valence-corrected chi connectivity index (χ0v) is 11.1. The highest BCUT2D eigenvalue weighted by molar-refractivity contribution is 14.1. The summed E-state index contributed by atoms with van der Waals surface area (Å²) >= 11 is 3.72. The second-order valence-electron chi connectivity index (χ2n) is 3.35. The van der Waals surface area contributed by atoms with E-state index >= 15 is 0 Å². The summed E-state index contributed by atoms with van der Waals surface area (Å²) in [7, 11) is 0. The summed E-state index contributed by atoms with van der Waals surface area (Å²) in [6.07, 6.45) is 0. The summed E-state index contributed by atoms with van der Waals surface area (Å²) in [5.74, 6) is 0.385. The Bertz CT molecular complexity index is 287. The number of carbonyl (C=O) groups excluding carboxylic acids is 1. The van der Waals surface area contributed by atoms with Crippen LogP contribution in [0.2, 0.25) is 0 Å². The fraction of sp³-hybridized carbons (Fsp3) is 0.556. The van der Waals surface area contributed by atoms with Crippen molar-refractivity contribution in [1.82, 2.24) is 10.3 Å². The lowest BCUT2D eigenvalue weighted by Gasteiger charge is -2.19. The van der Waals surface area contributed by atoms with Gasteiger partial charge in [-0.25, -0.2) is 4.98 Å². The van der Waals surface area contributed by atoms with Gasteiger partial charge in [-0.15, -0.1) is 11.3 Å². The normalized spacial score (nSPS) is 12.9. The highest BCUT2D eigenvalue weighted by atomic mass is 127. The smallest absolute Gasteiger partial charge is 0.270 e. The van der Waals surface area contributed by atoms with Gasteiger partial charge in [-0.2, -0.15) is 0 Å². The number of alkyl halides is 1. The Hall–Kier alpha value is -0.170. The van der Waals surface area contributed by atoms with Crippen LogP contribution in [0.5, 0.6) is 0 Å². The van der Waals surface area contributed by atoms with E-state index in [1.165, 1.54) is 11.3 Å². The zero-order chi connectivity index (χ0) is 10.6. The van der Waals surface area contributed by atoms with Gasteiger partial charge in [0.2, 0.25) is 0 Å². The summed E-state index contributed by atoms with van der Waals surface area (Å²) in [6, 6.07) is 0.227. The number of nitrogens with one attached hydrogen (secondary N) is 1. The summed E-state index contributed by atoms with van der Waals surface area (Å²) < 4.78 is 0.922. The van der Waals surface area contributed by atoms with Crippen molar-refractivity contribution in [3.63, 3.8) is 0 Å². The fourth-order valence-corrected chi connectivity index (χ4v) is 2.72. The summed E-state index contributed by atoms with van der Waals surface area (Å²) in [4.78, 5) is 15.6. The summed E-state index contributed by atoms with van der Waals surface area (Å²) in [5, 5.41) is 4.73. The number of amides is 1. The number of halogens is 1. The molecule has 1 heterocycles. The van der Waals surface area contributed by atoms with E-state index in [0.717, 1.165) is 4.43 Å². The van der Waals surface area contributed by atoms with Crippen LogP contribution >= 0.6 is 33.9 Å². The lowest BCUT2D eigenvalue weighted by Crippen LogP contribution is -2.39. The predicted molar refractivity (Wildman–Crippen MR) is 67.1 cm³/mol. The van der Waals surface area contributed by atoms with Crippen LogP contribution in [0, 0.1) is 5.92 Å². The predicted octanol–water partition coefficient (Wildman–Crippen LogP) is 2.33. The van der Waals surface area contributed by atoms with Gasteiger partial charge in [0.1, 0.15) is 5.69 Å². The minimum atomic E-state index is -0.0679. The highest BCUT2D eigenvalue weighted by Crippen LogP contribution is 2.07. The van der Waals surface area contributed by atoms with E-state index in [1.807, 2.05) is 0 Å². The van der Waals surface area contributed by atoms with Crippen molar-refractivity contribution in [1.29, 1.82) is 0 Å². The van der Waals surface area contributed by atoms with E-state index < -0.39 is 0 Å². The van der Waals surface area contributed by atoms with Crippen LogP contribution in [0.1, 0.15) is 24.3 Å². The fourth-order valence-electron chi connectivity index (χ4n) is 0.950. The Balaban J connectivity index is 2.56. The Morgan fingerprint density at radius 2 is 2.43 bits per heavy atom. The molecule has 78 valence electrons. The number of aromatic nitrogens is 1. The molecule has 1 amide bonds. The largest absolute Gasteiger partial charge is 0.347 e. The topological polar surface area (TPSA) is 42.0 Å². The van der Waals surface area contributed by atoms with Gasteiger partial charge in [0.05, 0.1) is 5.51 Å². The van der Waals surface area contributed by atoms with E-state index in [0.29, 0.717) is 11.6 Å². The third-order valence-electron chi connectivity index (χ3n) is 1.95. The van der Waals surface area contributed by atoms with Crippen LogP contribution in [-0.4, -0.2) is 21.4 Å². The average Bonchev–Trinajstić information content (AvgIpc) is 2.65. The van der Waals surface area contributed by atoms with E-state index in [4.69, 9.17) is 0 Å². The first-order chi connectivity index (χ1) is 6.65. The molecule has 1 aromatic rings. The maximum absolute atomic E-state index is 11.6. The molecule has 0 aliphatic heterocycles. The maximum atomic E-state index is 11.6. The van der Waals surface area contributed by atoms with Crippen LogP contribution < -0.4 is 5.32 Å². The standard InChI is InChI=1S/C9H13IN2OS/c1-6(2)7(3-10)12-9(13)8-4-14-5-11-8/h4-7H,3H2,1-2H3,(H,12,13). The number of rotatable bonds is 4. The Morgan fingerprint density at radius 1 is 1.71 bits per heavy atom. The summed E-state index contributed by atoms with van der Waals surface area (Å²) in [5.41, 5.74) is 2.19. The number of nitrogens with zero attached hydrogens (tertiary/aromatic N) is 1. The van der Waals surface area contributed by atoms with Gasteiger partial charge in [0.25, 0.3) is 5.91 Å². The third kappa shape index (κ3) is 3.20. The molecule has 0 fully saturated rings.